The molecular weight excluding hydrogens is 440 g/mol. The van der Waals surface area contributed by atoms with Crippen LogP contribution in [0.25, 0.3) is 27.8 Å². The molecule has 0 unspecified atom stereocenters. The normalized spacial score (nSPS) is 16.0. The zero-order chi connectivity index (χ0) is 24.1. The summed E-state index contributed by atoms with van der Waals surface area (Å²) in [4.78, 5) is 20.4. The number of carbonyl (C=O) groups excluding carboxylic acids is 1. The minimum Gasteiger partial charge on any atom is -0.353 e. The Morgan fingerprint density at radius 2 is 1.86 bits per heavy atom. The van der Waals surface area contributed by atoms with Crippen LogP contribution in [0.1, 0.15) is 36.9 Å². The van der Waals surface area contributed by atoms with E-state index in [9.17, 15) is 10.1 Å². The highest BCUT2D eigenvalue weighted by atomic mass is 16.2. The average Bonchev–Trinajstić information content (AvgIpc) is 3.52. The third-order valence-corrected chi connectivity index (χ3v) is 6.97. The predicted octanol–water partition coefficient (Wildman–Crippen LogP) is 3.21. The van der Waals surface area contributed by atoms with Gasteiger partial charge in [-0.1, -0.05) is 0 Å². The van der Waals surface area contributed by atoms with Gasteiger partial charge in [0.1, 0.15) is 11.9 Å². The second-order valence-electron chi connectivity index (χ2n) is 9.38. The first-order chi connectivity index (χ1) is 17.0. The lowest BCUT2D eigenvalue weighted by Gasteiger charge is -2.34. The van der Waals surface area contributed by atoms with Crippen LogP contribution in [0.2, 0.25) is 0 Å². The molecule has 6 rings (SSSR count). The number of hydrogen-bond acceptors (Lipinski definition) is 6. The van der Waals surface area contributed by atoms with E-state index in [0.717, 1.165) is 52.4 Å². The molecule has 0 spiro atoms. The highest BCUT2D eigenvalue weighted by molar-refractivity contribution is 5.88. The monoisotopic (exact) mass is 466 g/mol. The number of fused-ring (bicyclic) bond motifs is 1. The van der Waals surface area contributed by atoms with E-state index in [1.165, 1.54) is 12.8 Å². The molecule has 0 radical (unpaired) electrons. The van der Waals surface area contributed by atoms with Crippen molar-refractivity contribution >= 4 is 17.2 Å². The number of pyridine rings is 2. The number of nitrogens with zero attached hydrogens (tertiary/aromatic N) is 8. The first-order valence-corrected chi connectivity index (χ1v) is 11.9. The summed E-state index contributed by atoms with van der Waals surface area (Å²) in [5.74, 6) is 1.52. The van der Waals surface area contributed by atoms with Crippen molar-refractivity contribution in [2.24, 2.45) is 7.05 Å². The molecule has 0 atom stereocenters. The van der Waals surface area contributed by atoms with Crippen LogP contribution in [-0.4, -0.2) is 61.4 Å². The highest BCUT2D eigenvalue weighted by Gasteiger charge is 2.30. The largest absolute Gasteiger partial charge is 0.353 e. The Hall–Kier alpha value is -4.19. The number of anilines is 1. The molecule has 0 N–H and O–H groups in total. The van der Waals surface area contributed by atoms with Gasteiger partial charge >= 0.3 is 0 Å². The molecule has 35 heavy (non-hydrogen) atoms. The van der Waals surface area contributed by atoms with Gasteiger partial charge in [-0.3, -0.25) is 9.48 Å². The van der Waals surface area contributed by atoms with Crippen molar-refractivity contribution in [3.8, 4) is 28.3 Å². The Bertz CT molecular complexity index is 1460. The maximum absolute atomic E-state index is 11.6. The molecule has 1 saturated heterocycles. The fourth-order valence-corrected chi connectivity index (χ4v) is 4.94. The van der Waals surface area contributed by atoms with E-state index in [2.05, 4.69) is 34.4 Å². The van der Waals surface area contributed by atoms with E-state index < -0.39 is 0 Å². The van der Waals surface area contributed by atoms with Crippen molar-refractivity contribution in [2.75, 3.05) is 31.1 Å². The molecule has 1 aliphatic carbocycles. The molecule has 2 aliphatic rings. The van der Waals surface area contributed by atoms with Gasteiger partial charge in [0.15, 0.2) is 0 Å². The van der Waals surface area contributed by atoms with E-state index in [1.54, 1.807) is 17.6 Å². The number of rotatable bonds is 4. The third kappa shape index (κ3) is 3.81. The van der Waals surface area contributed by atoms with Crippen molar-refractivity contribution in [3.63, 3.8) is 0 Å². The van der Waals surface area contributed by atoms with E-state index in [1.807, 2.05) is 35.1 Å². The quantitative estimate of drug-likeness (QED) is 0.458. The van der Waals surface area contributed by atoms with Crippen LogP contribution in [0.3, 0.4) is 0 Å². The summed E-state index contributed by atoms with van der Waals surface area (Å²) in [6.45, 7) is 4.55. The third-order valence-electron chi connectivity index (χ3n) is 6.97. The molecular formula is C26H26N8O. The highest BCUT2D eigenvalue weighted by Crippen LogP contribution is 2.44. The first kappa shape index (κ1) is 21.4. The second-order valence-corrected chi connectivity index (χ2v) is 9.38. The van der Waals surface area contributed by atoms with Crippen molar-refractivity contribution < 1.29 is 4.79 Å². The van der Waals surface area contributed by atoms with Crippen LogP contribution in [0.5, 0.6) is 0 Å². The second kappa shape index (κ2) is 8.24. The molecule has 0 bridgehead atoms. The Morgan fingerprint density at radius 1 is 1.06 bits per heavy atom. The van der Waals surface area contributed by atoms with Crippen molar-refractivity contribution in [2.45, 2.75) is 25.7 Å². The summed E-state index contributed by atoms with van der Waals surface area (Å²) in [5.41, 5.74) is 6.42. The maximum Gasteiger partial charge on any atom is 0.219 e. The van der Waals surface area contributed by atoms with E-state index in [-0.39, 0.29) is 5.91 Å². The molecule has 1 amide bonds. The number of nitriles is 1. The van der Waals surface area contributed by atoms with Crippen LogP contribution in [-0.2, 0) is 11.8 Å². The van der Waals surface area contributed by atoms with Gasteiger partial charge in [-0.05, 0) is 31.0 Å². The predicted molar refractivity (Wildman–Crippen MR) is 132 cm³/mol. The lowest BCUT2D eigenvalue weighted by Crippen LogP contribution is -2.48. The number of piperazine rings is 1. The van der Waals surface area contributed by atoms with Crippen LogP contribution >= 0.6 is 0 Å². The van der Waals surface area contributed by atoms with Gasteiger partial charge in [0.2, 0.25) is 5.91 Å². The fraction of sp³-hybridized carbons (Fsp3) is 0.346. The number of aromatic nitrogens is 5. The van der Waals surface area contributed by atoms with Gasteiger partial charge in [-0.25, -0.2) is 9.50 Å². The maximum atomic E-state index is 11.6. The zero-order valence-electron chi connectivity index (χ0n) is 19.8. The van der Waals surface area contributed by atoms with E-state index in [0.29, 0.717) is 24.6 Å². The lowest BCUT2D eigenvalue weighted by atomic mass is 9.99. The number of hydrogen-bond donors (Lipinski definition) is 0. The van der Waals surface area contributed by atoms with Crippen LogP contribution in [0, 0.1) is 11.3 Å². The van der Waals surface area contributed by atoms with Gasteiger partial charge in [0, 0.05) is 86.9 Å². The fourth-order valence-electron chi connectivity index (χ4n) is 4.94. The Kier molecular flexibility index (Phi) is 5.02. The minimum absolute atomic E-state index is 0.115. The van der Waals surface area contributed by atoms with Gasteiger partial charge in [-0.15, -0.1) is 0 Å². The summed E-state index contributed by atoms with van der Waals surface area (Å²) in [5, 5.41) is 18.9. The van der Waals surface area contributed by atoms with Gasteiger partial charge in [-0.2, -0.15) is 15.5 Å². The molecule has 5 heterocycles. The average molecular weight is 467 g/mol. The summed E-state index contributed by atoms with van der Waals surface area (Å²) in [7, 11) is 1.95. The van der Waals surface area contributed by atoms with Gasteiger partial charge in [0.05, 0.1) is 23.0 Å². The molecule has 1 aliphatic heterocycles. The number of carbonyl (C=O) groups is 1. The van der Waals surface area contributed by atoms with E-state index in [4.69, 9.17) is 10.1 Å². The lowest BCUT2D eigenvalue weighted by molar-refractivity contribution is -0.129. The Morgan fingerprint density at radius 3 is 2.51 bits per heavy atom. The zero-order valence-corrected chi connectivity index (χ0v) is 19.8. The molecule has 4 aromatic rings. The van der Waals surface area contributed by atoms with Crippen molar-refractivity contribution in [3.05, 3.63) is 54.2 Å². The first-order valence-electron chi connectivity index (χ1n) is 11.9. The standard InChI is InChI=1S/C26H26N8O/c1-17(35)32-7-9-33(10-8-32)24-6-5-19(13-28-24)22-11-20(15-34-26(22)21(12-27)14-29-34)23-16-31(2)30-25(23)18-3-4-18/h5-6,11,13-16,18H,3-4,7-10H2,1-2H3. The Balaban J connectivity index is 1.39. The molecule has 9 nitrogen and oxygen atoms in total. The summed E-state index contributed by atoms with van der Waals surface area (Å²) >= 11 is 0. The van der Waals surface area contributed by atoms with Crippen LogP contribution < -0.4 is 4.90 Å². The van der Waals surface area contributed by atoms with Crippen molar-refractivity contribution in [1.29, 1.82) is 5.26 Å². The number of amides is 1. The topological polar surface area (TPSA) is 95.4 Å². The minimum atomic E-state index is 0.115. The summed E-state index contributed by atoms with van der Waals surface area (Å²) in [6.07, 6.45) is 9.88. The molecule has 4 aromatic heterocycles. The molecule has 1 saturated carbocycles. The van der Waals surface area contributed by atoms with Crippen molar-refractivity contribution in [1.82, 2.24) is 29.3 Å². The van der Waals surface area contributed by atoms with Crippen LogP contribution in [0.15, 0.2) is 43.0 Å². The van der Waals surface area contributed by atoms with Gasteiger partial charge in [0.25, 0.3) is 0 Å². The molecule has 2 fully saturated rings. The molecule has 0 aromatic carbocycles. The smallest absolute Gasteiger partial charge is 0.219 e. The molecule has 176 valence electrons. The summed E-state index contributed by atoms with van der Waals surface area (Å²) < 4.78 is 3.67. The van der Waals surface area contributed by atoms with E-state index >= 15 is 0 Å². The summed E-state index contributed by atoms with van der Waals surface area (Å²) in [6, 6.07) is 8.48. The Labute approximate surface area is 203 Å². The van der Waals surface area contributed by atoms with Gasteiger partial charge < -0.3 is 9.80 Å². The van der Waals surface area contributed by atoms with Crippen LogP contribution in [0.4, 0.5) is 5.82 Å². The molecule has 9 heteroatoms. The SMILES string of the molecule is CC(=O)N1CCN(c2ccc(-c3cc(-c4cn(C)nc4C4CC4)cn4ncc(C#N)c34)cn2)CC1. The number of aryl methyl sites for hydroxylation is 1.